The van der Waals surface area contributed by atoms with Gasteiger partial charge in [-0.2, -0.15) is 0 Å². The van der Waals surface area contributed by atoms with Gasteiger partial charge in [0.1, 0.15) is 0 Å². The van der Waals surface area contributed by atoms with Crippen LogP contribution in [0.2, 0.25) is 9.54 Å². The number of aliphatic carboxylic acids is 1. The number of nitrogens with two attached hydrogens (primary N) is 1. The molecule has 0 bridgehead atoms. The van der Waals surface area contributed by atoms with Crippen molar-refractivity contribution in [2.24, 2.45) is 5.73 Å². The summed E-state index contributed by atoms with van der Waals surface area (Å²) in [6, 6.07) is -0.654. The second-order valence-electron chi connectivity index (χ2n) is 1.43. The third kappa shape index (κ3) is 4.94. The standard InChI is InChI=1S/C4H8NO2Se2/c5-3(4(6)7)1-9-2-8/h3H,1-2,5H2,(H,6,7)/t3-/m1/s1. The third-order valence-corrected chi connectivity index (χ3v) is 4.11. The number of rotatable bonds is 4. The first-order valence-corrected chi connectivity index (χ1v) is 5.96. The van der Waals surface area contributed by atoms with Gasteiger partial charge in [0, 0.05) is 0 Å². The van der Waals surface area contributed by atoms with Crippen LogP contribution in [-0.2, 0) is 4.79 Å². The van der Waals surface area contributed by atoms with Crippen molar-refractivity contribution in [2.45, 2.75) is 15.6 Å². The summed E-state index contributed by atoms with van der Waals surface area (Å²) in [6.07, 6.45) is 0. The van der Waals surface area contributed by atoms with Gasteiger partial charge in [0.25, 0.3) is 0 Å². The molecule has 5 heteroatoms. The van der Waals surface area contributed by atoms with E-state index < -0.39 is 12.0 Å². The Hall–Kier alpha value is 0.469. The molecule has 0 fully saturated rings. The second kappa shape index (κ2) is 5.27. The number of hydrogen-bond acceptors (Lipinski definition) is 2. The van der Waals surface area contributed by atoms with E-state index in [1.165, 1.54) is 0 Å². The quantitative estimate of drug-likeness (QED) is 0.641. The normalized spacial score (nSPS) is 13.1. The van der Waals surface area contributed by atoms with Crippen molar-refractivity contribution in [3.05, 3.63) is 0 Å². The van der Waals surface area contributed by atoms with Crippen LogP contribution in [-0.4, -0.2) is 48.1 Å². The van der Waals surface area contributed by atoms with Crippen molar-refractivity contribution in [1.29, 1.82) is 0 Å². The molecule has 0 aromatic rings. The molecule has 1 radical (unpaired) electrons. The van der Waals surface area contributed by atoms with Gasteiger partial charge in [0.2, 0.25) is 0 Å². The second-order valence-corrected chi connectivity index (χ2v) is 6.05. The number of carboxylic acids is 1. The Morgan fingerprint density at radius 3 is 2.78 bits per heavy atom. The minimum atomic E-state index is -0.898. The molecule has 0 aromatic heterocycles. The summed E-state index contributed by atoms with van der Waals surface area (Å²) in [5.74, 6) is -0.898. The summed E-state index contributed by atoms with van der Waals surface area (Å²) in [7, 11) is 0. The van der Waals surface area contributed by atoms with Crippen molar-refractivity contribution in [2.75, 3.05) is 0 Å². The zero-order valence-corrected chi connectivity index (χ0v) is 8.17. The van der Waals surface area contributed by atoms with Crippen LogP contribution >= 0.6 is 0 Å². The molecule has 0 aliphatic rings. The molecule has 3 N–H and O–H groups in total. The molecule has 0 rings (SSSR count). The molecule has 1 atom stereocenters. The molecule has 0 unspecified atom stereocenters. The number of hydrogen-bond donors (Lipinski definition) is 2. The van der Waals surface area contributed by atoms with Crippen molar-refractivity contribution >= 4 is 36.9 Å². The average molecular weight is 260 g/mol. The minimum absolute atomic E-state index is 0.359. The fourth-order valence-electron chi connectivity index (χ4n) is 0.246. The van der Waals surface area contributed by atoms with Crippen LogP contribution in [0, 0.1) is 0 Å². The SMILES string of the molecule is N[C@H](C[Se]C[Se])C(=O)O. The maximum absolute atomic E-state index is 10.1. The molecule has 53 valence electrons. The summed E-state index contributed by atoms with van der Waals surface area (Å²) in [5, 5.41) is 8.90. The summed E-state index contributed by atoms with van der Waals surface area (Å²) in [6.45, 7) is 0. The van der Waals surface area contributed by atoms with Gasteiger partial charge in [-0.25, -0.2) is 0 Å². The van der Waals surface area contributed by atoms with Crippen LogP contribution < -0.4 is 5.73 Å². The summed E-state index contributed by atoms with van der Waals surface area (Å²) in [5.41, 5.74) is 5.20. The molecule has 0 heterocycles. The molecule has 0 saturated heterocycles. The van der Waals surface area contributed by atoms with Gasteiger partial charge in [-0.3, -0.25) is 0 Å². The van der Waals surface area contributed by atoms with E-state index in [2.05, 4.69) is 16.0 Å². The Bertz CT molecular complexity index is 98.6. The van der Waals surface area contributed by atoms with E-state index in [1.54, 1.807) is 0 Å². The predicted molar refractivity (Wildman–Crippen MR) is 36.7 cm³/mol. The first-order chi connectivity index (χ1) is 4.18. The molecule has 3 nitrogen and oxygen atoms in total. The van der Waals surface area contributed by atoms with E-state index in [1.807, 2.05) is 0 Å². The molecule has 0 aliphatic carbocycles. The molecule has 0 aromatic carbocycles. The summed E-state index contributed by atoms with van der Waals surface area (Å²) >= 11 is 3.18. The van der Waals surface area contributed by atoms with Crippen molar-refractivity contribution in [1.82, 2.24) is 0 Å². The predicted octanol–water partition coefficient (Wildman–Crippen LogP) is -0.935. The van der Waals surface area contributed by atoms with E-state index in [4.69, 9.17) is 10.8 Å². The van der Waals surface area contributed by atoms with E-state index >= 15 is 0 Å². The fourth-order valence-corrected chi connectivity index (χ4v) is 2.33. The first kappa shape index (κ1) is 9.47. The van der Waals surface area contributed by atoms with Gasteiger partial charge in [-0.1, -0.05) is 0 Å². The monoisotopic (exact) mass is 262 g/mol. The molecule has 0 saturated carbocycles. The molecular formula is C4H8NO2Se2. The van der Waals surface area contributed by atoms with Crippen molar-refractivity contribution in [3.8, 4) is 0 Å². The van der Waals surface area contributed by atoms with E-state index in [-0.39, 0.29) is 0 Å². The van der Waals surface area contributed by atoms with Gasteiger partial charge >= 0.3 is 68.2 Å². The summed E-state index contributed by atoms with van der Waals surface area (Å²) < 4.78 is 0.938. The van der Waals surface area contributed by atoms with Crippen LogP contribution in [0.5, 0.6) is 0 Å². The van der Waals surface area contributed by atoms with E-state index in [0.717, 1.165) is 4.22 Å². The molecule has 0 aliphatic heterocycles. The van der Waals surface area contributed by atoms with Gasteiger partial charge in [-0.15, -0.1) is 0 Å². The summed E-state index contributed by atoms with van der Waals surface area (Å²) in [4.78, 5) is 10.1. The Kier molecular flexibility index (Phi) is 5.54. The Labute approximate surface area is 68.3 Å². The third-order valence-electron chi connectivity index (χ3n) is 0.698. The van der Waals surface area contributed by atoms with Crippen LogP contribution in [0.25, 0.3) is 0 Å². The zero-order valence-electron chi connectivity index (χ0n) is 4.74. The topological polar surface area (TPSA) is 63.3 Å². The van der Waals surface area contributed by atoms with Crippen LogP contribution in [0.3, 0.4) is 0 Å². The van der Waals surface area contributed by atoms with Crippen LogP contribution in [0.1, 0.15) is 0 Å². The van der Waals surface area contributed by atoms with E-state index in [0.29, 0.717) is 20.3 Å². The van der Waals surface area contributed by atoms with Gasteiger partial charge < -0.3 is 0 Å². The average Bonchev–Trinajstić information content (AvgIpc) is 1.82. The Morgan fingerprint density at radius 2 is 2.44 bits per heavy atom. The first-order valence-electron chi connectivity index (χ1n) is 2.32. The Morgan fingerprint density at radius 1 is 1.89 bits per heavy atom. The fraction of sp³-hybridized carbons (Fsp3) is 0.750. The van der Waals surface area contributed by atoms with E-state index in [9.17, 15) is 4.79 Å². The van der Waals surface area contributed by atoms with Gasteiger partial charge in [0.05, 0.1) is 0 Å². The molecule has 0 amide bonds. The zero-order chi connectivity index (χ0) is 7.28. The molecule has 0 spiro atoms. The number of carboxylic acid groups (broad SMARTS) is 1. The maximum atomic E-state index is 10.1. The van der Waals surface area contributed by atoms with Gasteiger partial charge in [-0.05, 0) is 0 Å². The molecular weight excluding hydrogens is 252 g/mol. The van der Waals surface area contributed by atoms with Crippen LogP contribution in [0.15, 0.2) is 0 Å². The number of carbonyl (C=O) groups is 1. The van der Waals surface area contributed by atoms with Crippen LogP contribution in [0.4, 0.5) is 0 Å². The van der Waals surface area contributed by atoms with Crippen molar-refractivity contribution < 1.29 is 9.90 Å². The van der Waals surface area contributed by atoms with Crippen molar-refractivity contribution in [3.63, 3.8) is 0 Å². The van der Waals surface area contributed by atoms with Gasteiger partial charge in [0.15, 0.2) is 0 Å². The molecule has 9 heavy (non-hydrogen) atoms. The Balaban J connectivity index is 3.27.